The molecule has 4 atom stereocenters. The van der Waals surface area contributed by atoms with Gasteiger partial charge in [0.25, 0.3) is 0 Å². The van der Waals surface area contributed by atoms with Crippen molar-refractivity contribution in [2.24, 2.45) is 0 Å². The van der Waals surface area contributed by atoms with E-state index in [-0.39, 0.29) is 24.0 Å². The molecule has 0 aromatic heterocycles. The smallest absolute Gasteiger partial charge is 0.245 e. The predicted molar refractivity (Wildman–Crippen MR) is 60.2 cm³/mol. The van der Waals surface area contributed by atoms with E-state index < -0.39 is 6.04 Å². The van der Waals surface area contributed by atoms with Gasteiger partial charge in [-0.2, -0.15) is 0 Å². The van der Waals surface area contributed by atoms with E-state index in [0.29, 0.717) is 19.1 Å². The molecular weight excluding hydrogens is 220 g/mol. The second-order valence-corrected chi connectivity index (χ2v) is 5.25. The number of nitrogens with one attached hydrogen (secondary N) is 1. The Balaban J connectivity index is 1.77. The lowest BCUT2D eigenvalue weighted by molar-refractivity contribution is -0.136. The lowest BCUT2D eigenvalue weighted by Crippen LogP contribution is -2.50. The molecule has 0 spiro atoms. The molecule has 17 heavy (non-hydrogen) atoms. The Kier molecular flexibility index (Phi) is 2.58. The van der Waals surface area contributed by atoms with E-state index in [9.17, 15) is 9.59 Å². The van der Waals surface area contributed by atoms with Crippen molar-refractivity contribution in [1.82, 2.24) is 10.2 Å². The van der Waals surface area contributed by atoms with Gasteiger partial charge in [0.2, 0.25) is 11.8 Å². The maximum absolute atomic E-state index is 12.2. The number of carbonyl (C=O) groups excluding carboxylic acids is 2. The number of ether oxygens (including phenoxy) is 1. The maximum Gasteiger partial charge on any atom is 0.245 e. The largest absolute Gasteiger partial charge is 0.373 e. The number of nitrogens with zero attached hydrogens (tertiary/aromatic N) is 1. The summed E-state index contributed by atoms with van der Waals surface area (Å²) in [7, 11) is 0. The summed E-state index contributed by atoms with van der Waals surface area (Å²) in [6.45, 7) is 2.29. The first kappa shape index (κ1) is 11.0. The van der Waals surface area contributed by atoms with E-state index in [1.165, 1.54) is 0 Å². The van der Waals surface area contributed by atoms with E-state index >= 15 is 0 Å². The summed E-state index contributed by atoms with van der Waals surface area (Å²) < 4.78 is 5.79. The minimum absolute atomic E-state index is 0.0302. The van der Waals surface area contributed by atoms with Gasteiger partial charge in [-0.1, -0.05) is 0 Å². The molecule has 2 bridgehead atoms. The Bertz CT molecular complexity index is 358. The van der Waals surface area contributed by atoms with Crippen LogP contribution in [0.25, 0.3) is 0 Å². The first-order valence-corrected chi connectivity index (χ1v) is 6.40. The molecule has 1 N–H and O–H groups in total. The van der Waals surface area contributed by atoms with Crippen molar-refractivity contribution >= 4 is 11.8 Å². The van der Waals surface area contributed by atoms with Gasteiger partial charge < -0.3 is 15.0 Å². The molecule has 0 aromatic rings. The lowest BCUT2D eigenvalue weighted by atomic mass is 9.93. The Morgan fingerprint density at radius 3 is 2.82 bits per heavy atom. The van der Waals surface area contributed by atoms with Crippen LogP contribution in [0.1, 0.15) is 32.6 Å². The van der Waals surface area contributed by atoms with Gasteiger partial charge in [-0.25, -0.2) is 0 Å². The second-order valence-electron chi connectivity index (χ2n) is 5.25. The zero-order valence-electron chi connectivity index (χ0n) is 10.0. The molecule has 3 saturated heterocycles. The minimum Gasteiger partial charge on any atom is -0.373 e. The average molecular weight is 238 g/mol. The highest BCUT2D eigenvalue weighted by Crippen LogP contribution is 2.37. The van der Waals surface area contributed by atoms with Gasteiger partial charge in [-0.3, -0.25) is 9.59 Å². The predicted octanol–water partition coefficient (Wildman–Crippen LogP) is 0.0433. The Labute approximate surface area is 100 Å². The zero-order valence-corrected chi connectivity index (χ0v) is 10.0. The van der Waals surface area contributed by atoms with E-state index in [1.807, 2.05) is 4.90 Å². The van der Waals surface area contributed by atoms with Crippen LogP contribution in [0.4, 0.5) is 0 Å². The van der Waals surface area contributed by atoms with Gasteiger partial charge in [-0.05, 0) is 26.2 Å². The molecule has 5 nitrogen and oxygen atoms in total. The molecule has 3 rings (SSSR count). The van der Waals surface area contributed by atoms with Crippen LogP contribution in [-0.4, -0.2) is 47.6 Å². The molecule has 2 amide bonds. The zero-order chi connectivity index (χ0) is 12.0. The molecule has 3 aliphatic rings. The number of hydrogen-bond acceptors (Lipinski definition) is 3. The molecule has 3 aliphatic heterocycles. The topological polar surface area (TPSA) is 58.6 Å². The van der Waals surface area contributed by atoms with Crippen molar-refractivity contribution in [3.8, 4) is 0 Å². The van der Waals surface area contributed by atoms with E-state index in [2.05, 4.69) is 5.32 Å². The summed E-state index contributed by atoms with van der Waals surface area (Å²) in [5, 5.41) is 2.72. The van der Waals surface area contributed by atoms with Gasteiger partial charge >= 0.3 is 0 Å². The Morgan fingerprint density at radius 1 is 1.35 bits per heavy atom. The normalized spacial score (nSPS) is 41.6. The minimum atomic E-state index is -0.399. The van der Waals surface area contributed by atoms with Gasteiger partial charge in [0.15, 0.2) is 0 Å². The number of amides is 2. The summed E-state index contributed by atoms with van der Waals surface area (Å²) in [5.41, 5.74) is 0. The van der Waals surface area contributed by atoms with Crippen LogP contribution in [-0.2, 0) is 14.3 Å². The fourth-order valence-corrected chi connectivity index (χ4v) is 3.22. The highest BCUT2D eigenvalue weighted by Gasteiger charge is 2.46. The number of fused-ring (bicyclic) bond motifs is 2. The van der Waals surface area contributed by atoms with Gasteiger partial charge in [0.05, 0.1) is 18.2 Å². The summed E-state index contributed by atoms with van der Waals surface area (Å²) in [6.07, 6.45) is 4.05. The van der Waals surface area contributed by atoms with Crippen LogP contribution >= 0.6 is 0 Å². The molecule has 4 unspecified atom stereocenters. The third-order valence-electron chi connectivity index (χ3n) is 4.09. The molecule has 3 heterocycles. The lowest BCUT2D eigenvalue weighted by Gasteiger charge is -2.32. The van der Waals surface area contributed by atoms with E-state index in [0.717, 1.165) is 19.3 Å². The van der Waals surface area contributed by atoms with Gasteiger partial charge in [0.1, 0.15) is 6.04 Å². The van der Waals surface area contributed by atoms with E-state index in [1.54, 1.807) is 6.92 Å². The molecule has 5 heteroatoms. The van der Waals surface area contributed by atoms with Crippen LogP contribution in [0.15, 0.2) is 0 Å². The quantitative estimate of drug-likeness (QED) is 0.702. The molecule has 0 radical (unpaired) electrons. The molecule has 94 valence electrons. The van der Waals surface area contributed by atoms with Crippen molar-refractivity contribution in [2.45, 2.75) is 56.9 Å². The highest BCUT2D eigenvalue weighted by molar-refractivity contribution is 5.89. The van der Waals surface area contributed by atoms with Crippen LogP contribution in [0.5, 0.6) is 0 Å². The van der Waals surface area contributed by atoms with Crippen LogP contribution in [0.3, 0.4) is 0 Å². The fourth-order valence-electron chi connectivity index (χ4n) is 3.22. The molecule has 3 fully saturated rings. The second kappa shape index (κ2) is 3.98. The molecular formula is C12H18N2O3. The summed E-state index contributed by atoms with van der Waals surface area (Å²) in [4.78, 5) is 25.5. The van der Waals surface area contributed by atoms with Crippen LogP contribution in [0.2, 0.25) is 0 Å². The van der Waals surface area contributed by atoms with Crippen molar-refractivity contribution in [2.75, 3.05) is 6.54 Å². The Morgan fingerprint density at radius 2 is 2.18 bits per heavy atom. The fraction of sp³-hybridized carbons (Fsp3) is 0.833. The number of hydrogen-bond donors (Lipinski definition) is 1. The van der Waals surface area contributed by atoms with Crippen molar-refractivity contribution in [3.05, 3.63) is 0 Å². The first-order valence-electron chi connectivity index (χ1n) is 6.40. The third kappa shape index (κ3) is 1.82. The summed E-state index contributed by atoms with van der Waals surface area (Å²) in [5.74, 6) is 0.00873. The summed E-state index contributed by atoms with van der Waals surface area (Å²) in [6, 6.07) is -0.208. The number of carbonyl (C=O) groups is 2. The Hall–Kier alpha value is -1.10. The van der Waals surface area contributed by atoms with Crippen molar-refractivity contribution in [3.63, 3.8) is 0 Å². The highest BCUT2D eigenvalue weighted by atomic mass is 16.5. The molecule has 0 saturated carbocycles. The standard InChI is InChI=1S/C12H18N2O3/c1-7-12(16)14(5-4-11(15)13-7)9-6-8-2-3-10(9)17-8/h7-10H,2-6H2,1H3,(H,13,15). The third-order valence-corrected chi connectivity index (χ3v) is 4.09. The summed E-state index contributed by atoms with van der Waals surface area (Å²) >= 11 is 0. The van der Waals surface area contributed by atoms with Crippen LogP contribution in [0, 0.1) is 0 Å². The van der Waals surface area contributed by atoms with Crippen LogP contribution < -0.4 is 5.32 Å². The average Bonchev–Trinajstić information content (AvgIpc) is 2.87. The molecule has 0 aromatic carbocycles. The van der Waals surface area contributed by atoms with Gasteiger partial charge in [-0.15, -0.1) is 0 Å². The SMILES string of the molecule is CC1NC(=O)CCN(C2CC3CCC2O3)C1=O. The monoisotopic (exact) mass is 238 g/mol. The first-order chi connectivity index (χ1) is 8.15. The van der Waals surface area contributed by atoms with Gasteiger partial charge in [0, 0.05) is 13.0 Å². The van der Waals surface area contributed by atoms with Crippen molar-refractivity contribution in [1.29, 1.82) is 0 Å². The maximum atomic E-state index is 12.2. The van der Waals surface area contributed by atoms with E-state index in [4.69, 9.17) is 4.74 Å². The van der Waals surface area contributed by atoms with Crippen molar-refractivity contribution < 1.29 is 14.3 Å². The molecule has 0 aliphatic carbocycles. The number of rotatable bonds is 1.